The van der Waals surface area contributed by atoms with Crippen molar-refractivity contribution in [1.82, 2.24) is 0 Å². The molecule has 4 nitrogen and oxygen atoms in total. The largest absolute Gasteiger partial charge is 0.293 e. The molecule has 5 heteroatoms. The Bertz CT molecular complexity index is 577. The first kappa shape index (κ1) is 11.9. The zero-order valence-electron chi connectivity index (χ0n) is 9.46. The van der Waals surface area contributed by atoms with Crippen molar-refractivity contribution < 1.29 is 13.2 Å². The number of ketones is 1. The van der Waals surface area contributed by atoms with Crippen LogP contribution in [0.25, 0.3) is 0 Å². The molecular formula is C12H13NO3S. The van der Waals surface area contributed by atoms with Gasteiger partial charge in [-0.05, 0) is 19.1 Å². The van der Waals surface area contributed by atoms with Gasteiger partial charge in [-0.3, -0.25) is 9.10 Å². The zero-order valence-corrected chi connectivity index (χ0v) is 10.3. The van der Waals surface area contributed by atoms with Gasteiger partial charge in [0.05, 0.1) is 12.2 Å². The van der Waals surface area contributed by atoms with E-state index in [1.165, 1.54) is 17.3 Å². The first-order valence-electron chi connectivity index (χ1n) is 5.26. The van der Waals surface area contributed by atoms with Crippen molar-refractivity contribution in [3.8, 4) is 0 Å². The monoisotopic (exact) mass is 251 g/mol. The number of sulfonamides is 1. The van der Waals surface area contributed by atoms with Crippen molar-refractivity contribution >= 4 is 21.5 Å². The standard InChI is InChI=1S/C12H13NO3S/c1-3-8-13-11-7-5-4-6-10(11)12(14)9(2)17(13,15)16/h3-7,9H,1,8H2,2H3. The first-order chi connectivity index (χ1) is 8.00. The number of Topliss-reactive ketones (excluding diaryl/α,β-unsaturated/α-hetero) is 1. The highest BCUT2D eigenvalue weighted by Gasteiger charge is 2.40. The Morgan fingerprint density at radius 1 is 1.41 bits per heavy atom. The Morgan fingerprint density at radius 3 is 2.71 bits per heavy atom. The minimum absolute atomic E-state index is 0.178. The number of nitrogens with zero attached hydrogens (tertiary/aromatic N) is 1. The normalized spacial score (nSPS) is 22.1. The predicted octanol–water partition coefficient (Wildman–Crippen LogP) is 1.59. The third-order valence-corrected chi connectivity index (χ3v) is 4.92. The number of para-hydroxylation sites is 1. The van der Waals surface area contributed by atoms with E-state index in [4.69, 9.17) is 0 Å². The number of rotatable bonds is 2. The van der Waals surface area contributed by atoms with Crippen molar-refractivity contribution in [2.75, 3.05) is 10.8 Å². The number of benzene rings is 1. The molecule has 0 fully saturated rings. The fraction of sp³-hybridized carbons (Fsp3) is 0.250. The molecule has 1 aromatic carbocycles. The van der Waals surface area contributed by atoms with Gasteiger partial charge in [-0.1, -0.05) is 18.2 Å². The maximum atomic E-state index is 12.1. The summed E-state index contributed by atoms with van der Waals surface area (Å²) in [7, 11) is -3.61. The van der Waals surface area contributed by atoms with Crippen LogP contribution in [-0.4, -0.2) is 26.0 Å². The summed E-state index contributed by atoms with van der Waals surface area (Å²) >= 11 is 0. The Kier molecular flexibility index (Phi) is 2.79. The van der Waals surface area contributed by atoms with E-state index in [-0.39, 0.29) is 12.3 Å². The van der Waals surface area contributed by atoms with Gasteiger partial charge >= 0.3 is 0 Å². The summed E-state index contributed by atoms with van der Waals surface area (Å²) in [5.74, 6) is -0.346. The Balaban J connectivity index is 2.69. The molecule has 0 spiro atoms. The van der Waals surface area contributed by atoms with Crippen LogP contribution in [0.3, 0.4) is 0 Å². The van der Waals surface area contributed by atoms with Gasteiger partial charge < -0.3 is 0 Å². The number of carbonyl (C=O) groups excluding carboxylic acids is 1. The highest BCUT2D eigenvalue weighted by molar-refractivity contribution is 7.94. The number of hydrogen-bond acceptors (Lipinski definition) is 3. The van der Waals surface area contributed by atoms with Crippen LogP contribution < -0.4 is 4.31 Å². The van der Waals surface area contributed by atoms with Gasteiger partial charge in [-0.2, -0.15) is 0 Å². The minimum atomic E-state index is -3.61. The molecule has 0 saturated carbocycles. The average molecular weight is 251 g/mol. The van der Waals surface area contributed by atoms with E-state index in [0.29, 0.717) is 11.3 Å². The predicted molar refractivity (Wildman–Crippen MR) is 66.7 cm³/mol. The van der Waals surface area contributed by atoms with Crippen LogP contribution in [0.5, 0.6) is 0 Å². The van der Waals surface area contributed by atoms with Crippen LogP contribution in [0.1, 0.15) is 17.3 Å². The number of fused-ring (bicyclic) bond motifs is 1. The summed E-state index contributed by atoms with van der Waals surface area (Å²) in [6.45, 7) is 5.14. The molecule has 0 bridgehead atoms. The molecule has 17 heavy (non-hydrogen) atoms. The highest BCUT2D eigenvalue weighted by Crippen LogP contribution is 2.32. The minimum Gasteiger partial charge on any atom is -0.293 e. The summed E-state index contributed by atoms with van der Waals surface area (Å²) in [6, 6.07) is 6.74. The summed E-state index contributed by atoms with van der Waals surface area (Å²) < 4.78 is 25.5. The van der Waals surface area contributed by atoms with Gasteiger partial charge in [-0.15, -0.1) is 6.58 Å². The van der Waals surface area contributed by atoms with E-state index in [1.54, 1.807) is 24.3 Å². The van der Waals surface area contributed by atoms with Crippen LogP contribution in [0.4, 0.5) is 5.69 Å². The maximum Gasteiger partial charge on any atom is 0.245 e. The number of hydrogen-bond donors (Lipinski definition) is 0. The molecule has 1 aromatic rings. The smallest absolute Gasteiger partial charge is 0.245 e. The van der Waals surface area contributed by atoms with Crippen LogP contribution >= 0.6 is 0 Å². The van der Waals surface area contributed by atoms with Crippen LogP contribution in [0.15, 0.2) is 36.9 Å². The molecule has 1 aliphatic rings. The van der Waals surface area contributed by atoms with Crippen molar-refractivity contribution in [1.29, 1.82) is 0 Å². The SMILES string of the molecule is C=CCN1c2ccccc2C(=O)C(C)S1(=O)=O. The summed E-state index contributed by atoms with van der Waals surface area (Å²) in [4.78, 5) is 12.0. The van der Waals surface area contributed by atoms with Crippen molar-refractivity contribution in [2.24, 2.45) is 0 Å². The molecule has 1 unspecified atom stereocenters. The van der Waals surface area contributed by atoms with Crippen LogP contribution in [-0.2, 0) is 10.0 Å². The Labute approximate surface area is 101 Å². The molecule has 2 rings (SSSR count). The molecule has 0 aromatic heterocycles. The topological polar surface area (TPSA) is 54.5 Å². The van der Waals surface area contributed by atoms with Gasteiger partial charge in [-0.25, -0.2) is 8.42 Å². The lowest BCUT2D eigenvalue weighted by molar-refractivity contribution is 0.0990. The maximum absolute atomic E-state index is 12.1. The van der Waals surface area contributed by atoms with E-state index >= 15 is 0 Å². The second kappa shape index (κ2) is 4.00. The summed E-state index contributed by atoms with van der Waals surface area (Å²) in [5, 5.41) is -1.03. The molecule has 1 aliphatic heterocycles. The number of carbonyl (C=O) groups is 1. The molecule has 1 heterocycles. The average Bonchev–Trinajstić information content (AvgIpc) is 2.32. The molecule has 90 valence electrons. The van der Waals surface area contributed by atoms with Crippen molar-refractivity contribution in [2.45, 2.75) is 12.2 Å². The lowest BCUT2D eigenvalue weighted by Gasteiger charge is -2.32. The first-order valence-corrected chi connectivity index (χ1v) is 6.76. The number of anilines is 1. The summed E-state index contributed by atoms with van der Waals surface area (Å²) in [6.07, 6.45) is 1.51. The van der Waals surface area contributed by atoms with E-state index in [0.717, 1.165) is 0 Å². The van der Waals surface area contributed by atoms with Gasteiger partial charge in [0.1, 0.15) is 5.25 Å². The van der Waals surface area contributed by atoms with Crippen LogP contribution in [0, 0.1) is 0 Å². The van der Waals surface area contributed by atoms with Gasteiger partial charge in [0.2, 0.25) is 10.0 Å². The fourth-order valence-corrected chi connectivity index (χ4v) is 3.43. The molecule has 0 radical (unpaired) electrons. The molecule has 0 aliphatic carbocycles. The molecule has 0 N–H and O–H groups in total. The lowest BCUT2D eigenvalue weighted by atomic mass is 10.1. The van der Waals surface area contributed by atoms with Gasteiger partial charge in [0, 0.05) is 5.56 Å². The van der Waals surface area contributed by atoms with Gasteiger partial charge in [0.15, 0.2) is 5.78 Å². The Hall–Kier alpha value is -1.62. The van der Waals surface area contributed by atoms with E-state index in [9.17, 15) is 13.2 Å². The molecule has 0 amide bonds. The third kappa shape index (κ3) is 1.67. The second-order valence-corrected chi connectivity index (χ2v) is 6.07. The van der Waals surface area contributed by atoms with E-state index in [2.05, 4.69) is 6.58 Å². The lowest BCUT2D eigenvalue weighted by Crippen LogP contribution is -2.46. The van der Waals surface area contributed by atoms with Gasteiger partial charge in [0.25, 0.3) is 0 Å². The highest BCUT2D eigenvalue weighted by atomic mass is 32.2. The van der Waals surface area contributed by atoms with Crippen molar-refractivity contribution in [3.63, 3.8) is 0 Å². The van der Waals surface area contributed by atoms with Crippen molar-refractivity contribution in [3.05, 3.63) is 42.5 Å². The summed E-state index contributed by atoms with van der Waals surface area (Å²) in [5.41, 5.74) is 0.896. The molecule has 0 saturated heterocycles. The van der Waals surface area contributed by atoms with Crippen LogP contribution in [0.2, 0.25) is 0 Å². The third-order valence-electron chi connectivity index (χ3n) is 2.86. The van der Waals surface area contributed by atoms with E-state index < -0.39 is 15.3 Å². The molecule has 1 atom stereocenters. The molecular weight excluding hydrogens is 238 g/mol. The second-order valence-electron chi connectivity index (χ2n) is 3.89. The zero-order chi connectivity index (χ0) is 12.6. The van der Waals surface area contributed by atoms with E-state index in [1.807, 2.05) is 0 Å². The Morgan fingerprint density at radius 2 is 2.06 bits per heavy atom. The quantitative estimate of drug-likeness (QED) is 0.750. The fourth-order valence-electron chi connectivity index (χ4n) is 1.90.